The first kappa shape index (κ1) is 25.2. The van der Waals surface area contributed by atoms with Crippen LogP contribution in [0.3, 0.4) is 0 Å². The molecular formula is C30H38FN7. The Morgan fingerprint density at radius 1 is 1.03 bits per heavy atom. The largest absolute Gasteiger partial charge is 0.351 e. The Balaban J connectivity index is 1.60. The molecule has 0 aliphatic carbocycles. The van der Waals surface area contributed by atoms with Crippen LogP contribution in [0.1, 0.15) is 42.5 Å². The average Bonchev–Trinajstić information content (AvgIpc) is 3.30. The highest BCUT2D eigenvalue weighted by atomic mass is 19.1. The number of likely N-dealkylation sites (N-methyl/N-ethyl adjacent to an activating group) is 1. The van der Waals surface area contributed by atoms with Gasteiger partial charge in [-0.1, -0.05) is 23.4 Å². The topological polar surface area (TPSA) is 53.3 Å². The van der Waals surface area contributed by atoms with Crippen molar-refractivity contribution in [2.24, 2.45) is 0 Å². The minimum Gasteiger partial charge on any atom is -0.351 e. The molecule has 0 amide bonds. The van der Waals surface area contributed by atoms with Gasteiger partial charge in [-0.15, -0.1) is 5.10 Å². The molecule has 2 aromatic carbocycles. The van der Waals surface area contributed by atoms with Crippen molar-refractivity contribution < 1.29 is 4.39 Å². The maximum atomic E-state index is 16.7. The van der Waals surface area contributed by atoms with Gasteiger partial charge in [0.25, 0.3) is 0 Å². The van der Waals surface area contributed by atoms with E-state index in [1.165, 1.54) is 0 Å². The third kappa shape index (κ3) is 3.80. The van der Waals surface area contributed by atoms with Crippen LogP contribution in [0.15, 0.2) is 24.3 Å². The Labute approximate surface area is 224 Å². The van der Waals surface area contributed by atoms with E-state index in [2.05, 4.69) is 83.7 Å². The van der Waals surface area contributed by atoms with Crippen molar-refractivity contribution in [1.29, 1.82) is 0 Å². The van der Waals surface area contributed by atoms with Gasteiger partial charge in [-0.25, -0.2) is 14.1 Å². The third-order valence-corrected chi connectivity index (χ3v) is 9.17. The number of aromatic nitrogens is 4. The molecule has 8 heteroatoms. The molecule has 4 aromatic rings. The summed E-state index contributed by atoms with van der Waals surface area (Å²) in [5.41, 5.74) is 6.85. The third-order valence-electron chi connectivity index (χ3n) is 9.17. The molecule has 2 aliphatic heterocycles. The fourth-order valence-electron chi connectivity index (χ4n) is 6.19. The second-order valence-electron chi connectivity index (χ2n) is 12.0. The van der Waals surface area contributed by atoms with Crippen molar-refractivity contribution in [2.45, 2.75) is 52.1 Å². The highest BCUT2D eigenvalue weighted by molar-refractivity contribution is 6.08. The minimum atomic E-state index is -0.260. The van der Waals surface area contributed by atoms with Gasteiger partial charge in [0.1, 0.15) is 11.0 Å². The lowest BCUT2D eigenvalue weighted by atomic mass is 9.90. The summed E-state index contributed by atoms with van der Waals surface area (Å²) in [6, 6.07) is 8.43. The van der Waals surface area contributed by atoms with Gasteiger partial charge in [-0.3, -0.25) is 0 Å². The number of benzene rings is 2. The molecule has 0 unspecified atom stereocenters. The molecule has 0 N–H and O–H groups in total. The smallest absolute Gasteiger partial charge is 0.159 e. The molecule has 2 aromatic heterocycles. The maximum Gasteiger partial charge on any atom is 0.159 e. The van der Waals surface area contributed by atoms with Crippen molar-refractivity contribution >= 4 is 27.8 Å². The Morgan fingerprint density at radius 2 is 1.74 bits per heavy atom. The number of hydrogen-bond donors (Lipinski definition) is 0. The Morgan fingerprint density at radius 3 is 2.42 bits per heavy atom. The van der Waals surface area contributed by atoms with Crippen molar-refractivity contribution in [3.05, 3.63) is 46.8 Å². The van der Waals surface area contributed by atoms with Gasteiger partial charge in [-0.05, 0) is 103 Å². The van der Waals surface area contributed by atoms with Gasteiger partial charge in [0, 0.05) is 24.0 Å². The predicted octanol–water partition coefficient (Wildman–Crippen LogP) is 5.12. The van der Waals surface area contributed by atoms with E-state index in [4.69, 9.17) is 4.98 Å². The standard InChI is InChI=1S/C30H38FN7/c1-18-9-8-10-22(20(18)3)24-19(2)15-23-26(25(24)31)32-29(37-16-30(4,17-37)35(5)6)27-28(23)38(34-33-27)21-11-13-36(7)14-12-21/h8-10,15,21H,11-14,16-17H2,1-7H3. The molecule has 0 spiro atoms. The maximum absolute atomic E-state index is 16.7. The second kappa shape index (κ2) is 8.99. The van der Waals surface area contributed by atoms with Gasteiger partial charge in [0.15, 0.2) is 17.2 Å². The predicted molar refractivity (Wildman–Crippen MR) is 153 cm³/mol. The molecule has 200 valence electrons. The van der Waals surface area contributed by atoms with Crippen LogP contribution >= 0.6 is 0 Å². The number of anilines is 1. The van der Waals surface area contributed by atoms with Crippen LogP contribution in [-0.4, -0.2) is 82.6 Å². The van der Waals surface area contributed by atoms with Crippen LogP contribution in [0.5, 0.6) is 0 Å². The zero-order valence-corrected chi connectivity index (χ0v) is 23.6. The van der Waals surface area contributed by atoms with Gasteiger partial charge in [0.05, 0.1) is 11.6 Å². The van der Waals surface area contributed by atoms with Crippen LogP contribution in [0, 0.1) is 26.6 Å². The average molecular weight is 516 g/mol. The number of pyridine rings is 1. The van der Waals surface area contributed by atoms with Gasteiger partial charge in [-0.2, -0.15) is 0 Å². The van der Waals surface area contributed by atoms with Crippen molar-refractivity contribution in [1.82, 2.24) is 29.8 Å². The number of aryl methyl sites for hydroxylation is 2. The van der Waals surface area contributed by atoms with Crippen LogP contribution in [0.2, 0.25) is 0 Å². The summed E-state index contributed by atoms with van der Waals surface area (Å²) in [7, 11) is 6.37. The molecule has 2 aliphatic rings. The number of rotatable bonds is 4. The lowest BCUT2D eigenvalue weighted by Crippen LogP contribution is -2.67. The molecule has 7 nitrogen and oxygen atoms in total. The number of likely N-dealkylation sites (tertiary alicyclic amines) is 1. The lowest BCUT2D eigenvalue weighted by molar-refractivity contribution is 0.133. The number of fused-ring (bicyclic) bond motifs is 3. The Hall–Kier alpha value is -3.10. The summed E-state index contributed by atoms with van der Waals surface area (Å²) >= 11 is 0. The van der Waals surface area contributed by atoms with Crippen LogP contribution in [0.4, 0.5) is 10.2 Å². The monoisotopic (exact) mass is 515 g/mol. The summed E-state index contributed by atoms with van der Waals surface area (Å²) in [6.45, 7) is 12.0. The van der Waals surface area contributed by atoms with Crippen molar-refractivity contribution in [3.8, 4) is 11.1 Å². The zero-order valence-electron chi connectivity index (χ0n) is 23.6. The molecule has 0 bridgehead atoms. The highest BCUT2D eigenvalue weighted by Crippen LogP contribution is 2.41. The van der Waals surface area contributed by atoms with E-state index >= 15 is 4.39 Å². The fourth-order valence-corrected chi connectivity index (χ4v) is 6.19. The van der Waals surface area contributed by atoms with E-state index in [-0.39, 0.29) is 17.4 Å². The first-order valence-corrected chi connectivity index (χ1v) is 13.6. The van der Waals surface area contributed by atoms with Gasteiger partial charge >= 0.3 is 0 Å². The molecule has 0 atom stereocenters. The van der Waals surface area contributed by atoms with E-state index in [0.717, 1.165) is 83.5 Å². The summed E-state index contributed by atoms with van der Waals surface area (Å²) in [5.74, 6) is 0.476. The molecule has 6 rings (SSSR count). The number of piperidine rings is 1. The Kier molecular flexibility index (Phi) is 5.96. The summed E-state index contributed by atoms with van der Waals surface area (Å²) in [5, 5.41) is 10.2. The fraction of sp³-hybridized carbons (Fsp3) is 0.500. The first-order chi connectivity index (χ1) is 18.1. The van der Waals surface area contributed by atoms with E-state index in [0.29, 0.717) is 11.1 Å². The summed E-state index contributed by atoms with van der Waals surface area (Å²) in [6.07, 6.45) is 2.00. The number of hydrogen-bond acceptors (Lipinski definition) is 6. The molecule has 2 fully saturated rings. The molecule has 4 heterocycles. The van der Waals surface area contributed by atoms with E-state index < -0.39 is 0 Å². The SMILES string of the molecule is Cc1cccc(-c2c(C)cc3c(nc(N4CC(C)(N(C)C)C4)c4nnn(C5CCN(C)CC5)c43)c2F)c1C. The molecular weight excluding hydrogens is 477 g/mol. The van der Waals surface area contributed by atoms with Crippen LogP contribution in [-0.2, 0) is 0 Å². The summed E-state index contributed by atoms with van der Waals surface area (Å²) < 4.78 is 18.8. The molecule has 0 radical (unpaired) electrons. The summed E-state index contributed by atoms with van der Waals surface area (Å²) in [4.78, 5) is 11.8. The quantitative estimate of drug-likeness (QED) is 0.376. The first-order valence-electron chi connectivity index (χ1n) is 13.6. The number of halogens is 1. The van der Waals surface area contributed by atoms with Crippen molar-refractivity contribution in [2.75, 3.05) is 52.2 Å². The molecule has 0 saturated carbocycles. The number of nitrogens with zero attached hydrogens (tertiary/aromatic N) is 7. The Bertz CT molecular complexity index is 1540. The normalized spacial score (nSPS) is 18.6. The van der Waals surface area contributed by atoms with Crippen molar-refractivity contribution in [3.63, 3.8) is 0 Å². The van der Waals surface area contributed by atoms with E-state index in [1.54, 1.807) is 0 Å². The van der Waals surface area contributed by atoms with E-state index in [1.807, 2.05) is 19.1 Å². The highest BCUT2D eigenvalue weighted by Gasteiger charge is 2.42. The van der Waals surface area contributed by atoms with Crippen LogP contribution < -0.4 is 4.90 Å². The minimum absolute atomic E-state index is 0.0442. The van der Waals surface area contributed by atoms with E-state index in [9.17, 15) is 0 Å². The zero-order chi connectivity index (χ0) is 26.9. The molecule has 38 heavy (non-hydrogen) atoms. The van der Waals surface area contributed by atoms with Gasteiger partial charge in [0.2, 0.25) is 0 Å². The second-order valence-corrected chi connectivity index (χ2v) is 12.0. The lowest BCUT2D eigenvalue weighted by Gasteiger charge is -2.52. The molecule has 2 saturated heterocycles. The van der Waals surface area contributed by atoms with Crippen LogP contribution in [0.25, 0.3) is 33.1 Å². The van der Waals surface area contributed by atoms with Gasteiger partial charge < -0.3 is 14.7 Å².